The predicted octanol–water partition coefficient (Wildman–Crippen LogP) is -7.23. The van der Waals surface area contributed by atoms with E-state index in [-0.39, 0.29) is 38.3 Å². The van der Waals surface area contributed by atoms with Gasteiger partial charge in [-0.15, -0.1) is 0 Å². The van der Waals surface area contributed by atoms with Crippen LogP contribution in [0.2, 0.25) is 0 Å². The second-order valence-corrected chi connectivity index (χ2v) is 11.7. The summed E-state index contributed by atoms with van der Waals surface area (Å²) in [5, 5.41) is -2.51. The average molecular weight is 552 g/mol. The number of fused-ring (bicyclic) bond motifs is 2. The van der Waals surface area contributed by atoms with E-state index in [9.17, 15) is 18.9 Å². The Kier molecular flexibility index (Phi) is 18.4. The fourth-order valence-corrected chi connectivity index (χ4v) is 5.23. The van der Waals surface area contributed by atoms with Crippen LogP contribution in [-0.4, -0.2) is 58.7 Å². The van der Waals surface area contributed by atoms with E-state index >= 15 is 0 Å². The van der Waals surface area contributed by atoms with E-state index in [1.807, 2.05) is 48.5 Å². The van der Waals surface area contributed by atoms with E-state index in [0.29, 0.717) is 25.7 Å². The summed E-state index contributed by atoms with van der Waals surface area (Å²) in [5.41, 5.74) is 11.1. The van der Waals surface area contributed by atoms with Crippen LogP contribution in [0.4, 0.5) is 0 Å². The third kappa shape index (κ3) is 8.77. The zero-order valence-corrected chi connectivity index (χ0v) is 20.6. The van der Waals surface area contributed by atoms with Crippen LogP contribution in [0.1, 0.15) is 22.3 Å². The van der Waals surface area contributed by atoms with Crippen LogP contribution in [0.25, 0.3) is 0 Å². The zero-order chi connectivity index (χ0) is 20.8. The molecule has 15 nitrogen and oxygen atoms in total. The van der Waals surface area contributed by atoms with Gasteiger partial charge in [0.15, 0.2) is 25.8 Å². The molecule has 2 aromatic carbocycles. The van der Waals surface area contributed by atoms with E-state index in [0.717, 1.165) is 22.3 Å². The van der Waals surface area contributed by atoms with Gasteiger partial charge in [0.1, 0.15) is 0 Å². The molecule has 0 radical (unpaired) electrons. The van der Waals surface area contributed by atoms with Gasteiger partial charge in [-0.3, -0.25) is 0 Å². The largest absolute Gasteiger partial charge is 0.774 e. The molecule has 17 heteroatoms. The van der Waals surface area contributed by atoms with Crippen LogP contribution in [0.15, 0.2) is 48.5 Å². The van der Waals surface area contributed by atoms with Crippen LogP contribution in [-0.2, 0) is 34.8 Å². The SMILES string of the molecule is O.O.O.O.O.O.O.[NH3+]C1(P(=O)([O-])O)Cc2ccccc2C1.[NH3+]C1(P(=O)([O-])O)Cc2ccccc2C1. The molecular formula is C18H38N2O13P2. The molecule has 22 N–H and O–H groups in total. The molecule has 0 heterocycles. The highest BCUT2D eigenvalue weighted by atomic mass is 31.2. The van der Waals surface area contributed by atoms with Crippen molar-refractivity contribution in [2.45, 2.75) is 36.2 Å². The second kappa shape index (κ2) is 14.8. The molecule has 0 saturated heterocycles. The van der Waals surface area contributed by atoms with Crippen LogP contribution in [0, 0.1) is 0 Å². The quantitative estimate of drug-likeness (QED) is 0.262. The molecule has 2 aliphatic rings. The summed E-state index contributed by atoms with van der Waals surface area (Å²) in [5.74, 6) is 0. The Balaban J connectivity index is -0.000000143. The van der Waals surface area contributed by atoms with E-state index < -0.39 is 25.8 Å². The first kappa shape index (κ1) is 43.5. The molecule has 0 bridgehead atoms. The minimum atomic E-state index is -4.37. The predicted molar refractivity (Wildman–Crippen MR) is 124 cm³/mol. The third-order valence-corrected chi connectivity index (χ3v) is 8.54. The van der Waals surface area contributed by atoms with Gasteiger partial charge in [-0.05, 0) is 22.3 Å². The van der Waals surface area contributed by atoms with Gasteiger partial charge in [-0.2, -0.15) is 0 Å². The van der Waals surface area contributed by atoms with Crippen molar-refractivity contribution in [3.05, 3.63) is 70.8 Å². The first-order chi connectivity index (χ1) is 12.8. The van der Waals surface area contributed by atoms with Gasteiger partial charge in [-0.25, -0.2) is 0 Å². The molecule has 0 amide bonds. The maximum atomic E-state index is 11.1. The van der Waals surface area contributed by atoms with E-state index in [1.165, 1.54) is 0 Å². The molecule has 0 saturated carbocycles. The van der Waals surface area contributed by atoms with Crippen molar-refractivity contribution >= 4 is 15.2 Å². The van der Waals surface area contributed by atoms with Gasteiger partial charge >= 0.3 is 0 Å². The number of rotatable bonds is 2. The molecule has 2 aliphatic carbocycles. The lowest BCUT2D eigenvalue weighted by Gasteiger charge is -2.30. The molecular weight excluding hydrogens is 514 g/mol. The molecule has 0 spiro atoms. The zero-order valence-electron chi connectivity index (χ0n) is 18.8. The van der Waals surface area contributed by atoms with Crippen LogP contribution in [0.3, 0.4) is 0 Å². The summed E-state index contributed by atoms with van der Waals surface area (Å²) in [6.07, 6.45) is 1.22. The third-order valence-electron chi connectivity index (χ3n) is 5.51. The monoisotopic (exact) mass is 552 g/mol. The van der Waals surface area contributed by atoms with Gasteiger partial charge in [0.05, 0.1) is 0 Å². The van der Waals surface area contributed by atoms with E-state index in [4.69, 9.17) is 9.79 Å². The Morgan fingerprint density at radius 2 is 0.743 bits per heavy atom. The highest BCUT2D eigenvalue weighted by molar-refractivity contribution is 7.52. The van der Waals surface area contributed by atoms with Crippen molar-refractivity contribution < 1.29 is 78.5 Å². The van der Waals surface area contributed by atoms with E-state index in [1.54, 1.807) is 0 Å². The van der Waals surface area contributed by atoms with Gasteiger partial charge in [0.25, 0.3) is 0 Å². The minimum Gasteiger partial charge on any atom is -0.774 e. The Morgan fingerprint density at radius 1 is 0.571 bits per heavy atom. The van der Waals surface area contributed by atoms with Crippen molar-refractivity contribution in [1.82, 2.24) is 0 Å². The van der Waals surface area contributed by atoms with Crippen molar-refractivity contribution in [1.29, 1.82) is 0 Å². The first-order valence-corrected chi connectivity index (χ1v) is 11.9. The molecule has 2 aromatic rings. The average Bonchev–Trinajstić information content (AvgIpc) is 3.11. The number of hydrogen-bond donors (Lipinski definition) is 4. The summed E-state index contributed by atoms with van der Waals surface area (Å²) in [7, 11) is -8.74. The molecule has 35 heavy (non-hydrogen) atoms. The standard InChI is InChI=1S/2C9H12NO3P.7H2O/c2*10-9(14(11,12)13)5-7-3-1-2-4-8(7)6-9;;;;;;;/h2*1-4H,5-6,10H2,(H2,11,12,13);7*1H2. The van der Waals surface area contributed by atoms with Crippen molar-refractivity contribution in [3.63, 3.8) is 0 Å². The summed E-state index contributed by atoms with van der Waals surface area (Å²) in [6, 6.07) is 14.9. The molecule has 208 valence electrons. The maximum Gasteiger partial charge on any atom is 0.194 e. The summed E-state index contributed by atoms with van der Waals surface area (Å²) < 4.78 is 22.3. The molecule has 4 rings (SSSR count). The van der Waals surface area contributed by atoms with Gasteiger partial charge in [-0.1, -0.05) is 48.5 Å². The van der Waals surface area contributed by atoms with Crippen molar-refractivity contribution in [2.24, 2.45) is 0 Å². The summed E-state index contributed by atoms with van der Waals surface area (Å²) in [6.45, 7) is 0. The summed E-state index contributed by atoms with van der Waals surface area (Å²) in [4.78, 5) is 40.5. The Bertz CT molecular complexity index is 866. The van der Waals surface area contributed by atoms with Crippen molar-refractivity contribution in [2.75, 3.05) is 0 Å². The molecule has 2 atom stereocenters. The normalized spacial score (nSPS) is 18.2. The molecule has 0 fully saturated rings. The second-order valence-electron chi connectivity index (χ2n) is 7.73. The molecule has 0 aliphatic heterocycles. The summed E-state index contributed by atoms with van der Waals surface area (Å²) >= 11 is 0. The van der Waals surface area contributed by atoms with Crippen LogP contribution < -0.4 is 21.3 Å². The Morgan fingerprint density at radius 3 is 0.886 bits per heavy atom. The number of hydrogen-bond acceptors (Lipinski definition) is 4. The number of benzene rings is 2. The van der Waals surface area contributed by atoms with Crippen LogP contribution >= 0.6 is 15.2 Å². The van der Waals surface area contributed by atoms with Crippen molar-refractivity contribution in [3.8, 4) is 0 Å². The smallest absolute Gasteiger partial charge is 0.194 e. The lowest BCUT2D eigenvalue weighted by Crippen LogP contribution is -2.74. The molecule has 0 aromatic heterocycles. The lowest BCUT2D eigenvalue weighted by molar-refractivity contribution is -0.455. The highest BCUT2D eigenvalue weighted by Crippen LogP contribution is 2.49. The maximum absolute atomic E-state index is 11.1. The topological polar surface area (TPSA) is 396 Å². The number of quaternary nitrogens is 2. The Hall–Kier alpha value is -1.62. The fourth-order valence-electron chi connectivity index (χ4n) is 3.75. The van der Waals surface area contributed by atoms with Gasteiger partial charge in [0, 0.05) is 25.7 Å². The highest BCUT2D eigenvalue weighted by Gasteiger charge is 2.46. The first-order valence-electron chi connectivity index (χ1n) is 8.77. The Labute approximate surface area is 201 Å². The minimum absolute atomic E-state index is 0. The van der Waals surface area contributed by atoms with Gasteiger partial charge in [0.2, 0.25) is 0 Å². The lowest BCUT2D eigenvalue weighted by atomic mass is 10.1. The fraction of sp³-hybridized carbons (Fsp3) is 0.333. The van der Waals surface area contributed by atoms with Crippen LogP contribution in [0.5, 0.6) is 0 Å². The van der Waals surface area contributed by atoms with E-state index in [2.05, 4.69) is 11.5 Å². The molecule has 2 unspecified atom stereocenters. The van der Waals surface area contributed by atoms with Gasteiger partial charge < -0.3 is 78.5 Å².